The van der Waals surface area contributed by atoms with Crippen LogP contribution in [0.15, 0.2) is 48.5 Å². The maximum Gasteiger partial charge on any atom is 0.118 e. The van der Waals surface area contributed by atoms with E-state index in [1.165, 1.54) is 16.7 Å². The van der Waals surface area contributed by atoms with E-state index in [1.54, 1.807) is 7.11 Å². The minimum atomic E-state index is 0.0569. The third-order valence-corrected chi connectivity index (χ3v) is 4.66. The molecule has 0 radical (unpaired) electrons. The predicted molar refractivity (Wildman–Crippen MR) is 89.5 cm³/mol. The topological polar surface area (TPSA) is 18.5 Å². The van der Waals surface area contributed by atoms with Gasteiger partial charge >= 0.3 is 0 Å². The average Bonchev–Trinajstić information content (AvgIpc) is 2.55. The van der Waals surface area contributed by atoms with Crippen LogP contribution in [-0.4, -0.2) is 13.7 Å². The third-order valence-electron chi connectivity index (χ3n) is 4.66. The van der Waals surface area contributed by atoms with Crippen LogP contribution < -0.4 is 4.74 Å². The van der Waals surface area contributed by atoms with Crippen molar-refractivity contribution in [2.75, 3.05) is 13.7 Å². The van der Waals surface area contributed by atoms with Crippen LogP contribution in [0.3, 0.4) is 0 Å². The Bertz CT molecular complexity index is 628. The van der Waals surface area contributed by atoms with Crippen LogP contribution in [0.25, 0.3) is 0 Å². The van der Waals surface area contributed by atoms with Crippen LogP contribution in [0.2, 0.25) is 0 Å². The Morgan fingerprint density at radius 1 is 1.09 bits per heavy atom. The lowest BCUT2D eigenvalue weighted by Crippen LogP contribution is -2.25. The van der Waals surface area contributed by atoms with E-state index in [1.807, 2.05) is 12.1 Å². The number of methoxy groups -OCH3 is 1. The van der Waals surface area contributed by atoms with Gasteiger partial charge in [0.15, 0.2) is 0 Å². The third kappa shape index (κ3) is 3.02. The SMILES string of the molecule is COc1ccc(C(C)(C)CC2OCCc3ccccc32)cc1. The maximum absolute atomic E-state index is 6.08. The van der Waals surface area contributed by atoms with Gasteiger partial charge in [0.25, 0.3) is 0 Å². The second-order valence-electron chi connectivity index (χ2n) is 6.62. The fraction of sp³-hybridized carbons (Fsp3) is 0.400. The lowest BCUT2D eigenvalue weighted by atomic mass is 9.77. The molecule has 1 aliphatic rings. The van der Waals surface area contributed by atoms with Gasteiger partial charge in [0.05, 0.1) is 19.8 Å². The summed E-state index contributed by atoms with van der Waals surface area (Å²) in [7, 11) is 1.70. The molecule has 0 aromatic heterocycles. The number of hydrogen-bond donors (Lipinski definition) is 0. The molecular weight excluding hydrogens is 272 g/mol. The summed E-state index contributed by atoms with van der Waals surface area (Å²) in [6, 6.07) is 17.1. The molecule has 0 saturated heterocycles. The summed E-state index contributed by atoms with van der Waals surface area (Å²) < 4.78 is 11.3. The molecule has 2 aromatic rings. The monoisotopic (exact) mass is 296 g/mol. The predicted octanol–water partition coefficient (Wildman–Crippen LogP) is 4.68. The summed E-state index contributed by atoms with van der Waals surface area (Å²) in [6.45, 7) is 5.39. The zero-order chi connectivity index (χ0) is 15.6. The highest BCUT2D eigenvalue weighted by molar-refractivity contribution is 5.34. The Morgan fingerprint density at radius 2 is 1.82 bits per heavy atom. The van der Waals surface area contributed by atoms with Gasteiger partial charge in [-0.15, -0.1) is 0 Å². The lowest BCUT2D eigenvalue weighted by molar-refractivity contribution is 0.0236. The molecule has 0 saturated carbocycles. The summed E-state index contributed by atoms with van der Waals surface area (Å²) in [4.78, 5) is 0. The Labute approximate surface area is 133 Å². The van der Waals surface area contributed by atoms with Gasteiger partial charge in [-0.3, -0.25) is 0 Å². The fourth-order valence-corrected chi connectivity index (χ4v) is 3.27. The molecule has 1 atom stereocenters. The van der Waals surface area contributed by atoms with Crippen molar-refractivity contribution in [2.45, 2.75) is 38.2 Å². The van der Waals surface area contributed by atoms with Crippen molar-refractivity contribution in [3.63, 3.8) is 0 Å². The van der Waals surface area contributed by atoms with Gasteiger partial charge in [-0.05, 0) is 47.1 Å². The van der Waals surface area contributed by atoms with Crippen LogP contribution in [0.1, 0.15) is 43.1 Å². The van der Waals surface area contributed by atoms with E-state index in [0.717, 1.165) is 25.2 Å². The number of hydrogen-bond acceptors (Lipinski definition) is 2. The van der Waals surface area contributed by atoms with E-state index in [0.29, 0.717) is 0 Å². The van der Waals surface area contributed by atoms with Crippen molar-refractivity contribution in [1.82, 2.24) is 0 Å². The van der Waals surface area contributed by atoms with Gasteiger partial charge in [-0.25, -0.2) is 0 Å². The van der Waals surface area contributed by atoms with Crippen molar-refractivity contribution in [1.29, 1.82) is 0 Å². The van der Waals surface area contributed by atoms with Gasteiger partial charge < -0.3 is 9.47 Å². The van der Waals surface area contributed by atoms with Crippen molar-refractivity contribution in [2.24, 2.45) is 0 Å². The first kappa shape index (κ1) is 15.1. The van der Waals surface area contributed by atoms with E-state index in [2.05, 4.69) is 50.2 Å². The van der Waals surface area contributed by atoms with E-state index >= 15 is 0 Å². The summed E-state index contributed by atoms with van der Waals surface area (Å²) >= 11 is 0. The summed E-state index contributed by atoms with van der Waals surface area (Å²) in [5, 5.41) is 0. The van der Waals surface area contributed by atoms with Crippen molar-refractivity contribution in [3.8, 4) is 5.75 Å². The molecule has 0 amide bonds. The molecule has 2 nitrogen and oxygen atoms in total. The van der Waals surface area contributed by atoms with Crippen molar-refractivity contribution in [3.05, 3.63) is 65.2 Å². The van der Waals surface area contributed by atoms with E-state index in [9.17, 15) is 0 Å². The largest absolute Gasteiger partial charge is 0.497 e. The Balaban J connectivity index is 1.82. The van der Waals surface area contributed by atoms with Crippen LogP contribution in [-0.2, 0) is 16.6 Å². The number of benzene rings is 2. The highest BCUT2D eigenvalue weighted by atomic mass is 16.5. The molecule has 0 bridgehead atoms. The van der Waals surface area contributed by atoms with Gasteiger partial charge in [0.1, 0.15) is 5.75 Å². The van der Waals surface area contributed by atoms with Crippen LogP contribution >= 0.6 is 0 Å². The average molecular weight is 296 g/mol. The molecule has 1 heterocycles. The highest BCUT2D eigenvalue weighted by Crippen LogP contribution is 2.38. The van der Waals surface area contributed by atoms with E-state index in [4.69, 9.17) is 9.47 Å². The van der Waals surface area contributed by atoms with Crippen molar-refractivity contribution < 1.29 is 9.47 Å². The summed E-state index contributed by atoms with van der Waals surface area (Å²) in [5.41, 5.74) is 4.17. The van der Waals surface area contributed by atoms with Gasteiger partial charge in [0.2, 0.25) is 0 Å². The molecular formula is C20H24O2. The summed E-state index contributed by atoms with van der Waals surface area (Å²) in [5.74, 6) is 0.902. The molecule has 2 aromatic carbocycles. The fourth-order valence-electron chi connectivity index (χ4n) is 3.27. The Hall–Kier alpha value is -1.80. The minimum Gasteiger partial charge on any atom is -0.497 e. The molecule has 116 valence electrons. The normalized spacial score (nSPS) is 17.9. The smallest absolute Gasteiger partial charge is 0.118 e. The molecule has 0 spiro atoms. The Kier molecular flexibility index (Phi) is 4.21. The molecule has 0 aliphatic carbocycles. The highest BCUT2D eigenvalue weighted by Gasteiger charge is 2.29. The first-order valence-electron chi connectivity index (χ1n) is 7.94. The zero-order valence-corrected chi connectivity index (χ0v) is 13.6. The van der Waals surface area contributed by atoms with Crippen LogP contribution in [0, 0.1) is 0 Å². The van der Waals surface area contributed by atoms with Gasteiger partial charge in [-0.1, -0.05) is 50.2 Å². The minimum absolute atomic E-state index is 0.0569. The quantitative estimate of drug-likeness (QED) is 0.816. The van der Waals surface area contributed by atoms with E-state index in [-0.39, 0.29) is 11.5 Å². The van der Waals surface area contributed by atoms with Crippen LogP contribution in [0.5, 0.6) is 5.75 Å². The van der Waals surface area contributed by atoms with Crippen molar-refractivity contribution >= 4 is 0 Å². The molecule has 3 rings (SSSR count). The first-order valence-corrected chi connectivity index (χ1v) is 7.94. The molecule has 0 fully saturated rings. The maximum atomic E-state index is 6.08. The number of ether oxygens (including phenoxy) is 2. The van der Waals surface area contributed by atoms with Gasteiger partial charge in [0, 0.05) is 0 Å². The van der Waals surface area contributed by atoms with E-state index < -0.39 is 0 Å². The van der Waals surface area contributed by atoms with Gasteiger partial charge in [-0.2, -0.15) is 0 Å². The zero-order valence-electron chi connectivity index (χ0n) is 13.6. The molecule has 2 heteroatoms. The Morgan fingerprint density at radius 3 is 2.55 bits per heavy atom. The van der Waals surface area contributed by atoms with Crippen LogP contribution in [0.4, 0.5) is 0 Å². The summed E-state index contributed by atoms with van der Waals surface area (Å²) in [6.07, 6.45) is 2.19. The second-order valence-corrected chi connectivity index (χ2v) is 6.62. The standard InChI is InChI=1S/C20H24O2/c1-20(2,16-8-10-17(21-3)11-9-16)14-19-18-7-5-4-6-15(18)12-13-22-19/h4-11,19H,12-14H2,1-3H3. The molecule has 1 unspecified atom stereocenters. The number of rotatable bonds is 4. The second kappa shape index (κ2) is 6.13. The number of fused-ring (bicyclic) bond motifs is 1. The first-order chi connectivity index (χ1) is 10.6. The molecule has 22 heavy (non-hydrogen) atoms. The lowest BCUT2D eigenvalue weighted by Gasteiger charge is -2.34. The molecule has 1 aliphatic heterocycles. The molecule has 0 N–H and O–H groups in total.